The lowest BCUT2D eigenvalue weighted by molar-refractivity contribution is -0.116. The van der Waals surface area contributed by atoms with Gasteiger partial charge in [0.2, 0.25) is 5.91 Å². The Morgan fingerprint density at radius 2 is 1.90 bits per heavy atom. The van der Waals surface area contributed by atoms with Crippen LogP contribution in [0.1, 0.15) is 43.7 Å². The first kappa shape index (κ1) is 17.2. The van der Waals surface area contributed by atoms with Crippen LogP contribution >= 0.6 is 15.9 Å². The Balaban J connectivity index is 2.54. The molecule has 0 saturated heterocycles. The monoisotopic (exact) mass is 340 g/mol. The van der Waals surface area contributed by atoms with Crippen LogP contribution in [0.2, 0.25) is 0 Å². The third-order valence-electron chi connectivity index (χ3n) is 3.65. The molecular formula is C16H25BrN2O. The molecule has 3 nitrogen and oxygen atoms in total. The topological polar surface area (TPSA) is 55.1 Å². The number of amides is 1. The molecule has 0 aliphatic rings. The summed E-state index contributed by atoms with van der Waals surface area (Å²) >= 11 is 3.53. The highest BCUT2D eigenvalue weighted by atomic mass is 79.9. The minimum absolute atomic E-state index is 0.0848. The number of benzene rings is 1. The molecule has 1 aromatic rings. The summed E-state index contributed by atoms with van der Waals surface area (Å²) in [6.45, 7) is 6.91. The highest BCUT2D eigenvalue weighted by Gasteiger charge is 2.10. The molecule has 3 N–H and O–H groups in total. The summed E-state index contributed by atoms with van der Waals surface area (Å²) in [4.78, 5) is 12.0. The van der Waals surface area contributed by atoms with Crippen LogP contribution in [0, 0.1) is 19.8 Å². The molecule has 0 aromatic heterocycles. The van der Waals surface area contributed by atoms with Gasteiger partial charge in [0.15, 0.2) is 0 Å². The molecule has 1 rings (SSSR count). The average Bonchev–Trinajstić information content (AvgIpc) is 2.40. The first-order chi connectivity index (χ1) is 9.47. The molecule has 0 radical (unpaired) electrons. The Morgan fingerprint density at radius 1 is 1.30 bits per heavy atom. The van der Waals surface area contributed by atoms with Crippen LogP contribution in [-0.2, 0) is 4.79 Å². The maximum absolute atomic E-state index is 12.0. The molecule has 20 heavy (non-hydrogen) atoms. The second kappa shape index (κ2) is 8.42. The van der Waals surface area contributed by atoms with Gasteiger partial charge in [-0.3, -0.25) is 4.79 Å². The molecule has 112 valence electrons. The van der Waals surface area contributed by atoms with Gasteiger partial charge in [-0.2, -0.15) is 0 Å². The van der Waals surface area contributed by atoms with E-state index in [1.165, 1.54) is 0 Å². The van der Waals surface area contributed by atoms with Crippen LogP contribution in [0.25, 0.3) is 0 Å². The van der Waals surface area contributed by atoms with Crippen molar-refractivity contribution in [1.29, 1.82) is 0 Å². The summed E-state index contributed by atoms with van der Waals surface area (Å²) in [7, 11) is 0. The molecule has 4 heteroatoms. The fourth-order valence-corrected chi connectivity index (χ4v) is 2.59. The van der Waals surface area contributed by atoms with Gasteiger partial charge in [0.05, 0.1) is 0 Å². The van der Waals surface area contributed by atoms with Crippen LogP contribution in [-0.4, -0.2) is 12.5 Å². The molecule has 1 aromatic carbocycles. The first-order valence-corrected chi connectivity index (χ1v) is 8.03. The highest BCUT2D eigenvalue weighted by molar-refractivity contribution is 9.10. The van der Waals surface area contributed by atoms with E-state index in [2.05, 4.69) is 28.2 Å². The van der Waals surface area contributed by atoms with Crippen LogP contribution < -0.4 is 11.1 Å². The second-order valence-corrected chi connectivity index (χ2v) is 6.16. The SMILES string of the molecule is CCC(CCN)CCC(=O)Nc1cc(C)c(Br)c(C)c1. The van der Waals surface area contributed by atoms with Gasteiger partial charge in [0.25, 0.3) is 0 Å². The molecule has 0 heterocycles. The number of nitrogens with two attached hydrogens (primary N) is 1. The number of carbonyl (C=O) groups excluding carboxylic acids is 1. The number of aryl methyl sites for hydroxylation is 2. The van der Waals surface area contributed by atoms with Crippen molar-refractivity contribution < 1.29 is 4.79 Å². The highest BCUT2D eigenvalue weighted by Crippen LogP contribution is 2.25. The average molecular weight is 341 g/mol. The smallest absolute Gasteiger partial charge is 0.224 e. The lowest BCUT2D eigenvalue weighted by Crippen LogP contribution is -2.15. The maximum Gasteiger partial charge on any atom is 0.224 e. The van der Waals surface area contributed by atoms with Crippen molar-refractivity contribution in [2.75, 3.05) is 11.9 Å². The standard InChI is InChI=1S/C16H25BrN2O/c1-4-13(7-8-18)5-6-15(20)19-14-9-11(2)16(17)12(3)10-14/h9-10,13H,4-8,18H2,1-3H3,(H,19,20). The van der Waals surface area contributed by atoms with Gasteiger partial charge in [-0.15, -0.1) is 0 Å². The van der Waals surface area contributed by atoms with Crippen molar-refractivity contribution in [1.82, 2.24) is 0 Å². The summed E-state index contributed by atoms with van der Waals surface area (Å²) in [6, 6.07) is 3.98. The van der Waals surface area contributed by atoms with E-state index in [-0.39, 0.29) is 5.91 Å². The van der Waals surface area contributed by atoms with E-state index < -0.39 is 0 Å². The molecule has 0 saturated carbocycles. The van der Waals surface area contributed by atoms with E-state index in [9.17, 15) is 4.79 Å². The molecule has 1 unspecified atom stereocenters. The normalized spacial score (nSPS) is 12.2. The van der Waals surface area contributed by atoms with Crippen molar-refractivity contribution in [2.45, 2.75) is 46.5 Å². The van der Waals surface area contributed by atoms with E-state index in [0.717, 1.165) is 40.5 Å². The third-order valence-corrected chi connectivity index (χ3v) is 4.90. The van der Waals surface area contributed by atoms with E-state index in [0.29, 0.717) is 18.9 Å². The Labute approximate surface area is 130 Å². The maximum atomic E-state index is 12.0. The van der Waals surface area contributed by atoms with Crippen molar-refractivity contribution >= 4 is 27.5 Å². The number of rotatable bonds is 7. The summed E-state index contributed by atoms with van der Waals surface area (Å²) < 4.78 is 1.10. The third kappa shape index (κ3) is 5.25. The predicted octanol–water partition coefficient (Wildman–Crippen LogP) is 4.16. The van der Waals surface area contributed by atoms with Gasteiger partial charge >= 0.3 is 0 Å². The quantitative estimate of drug-likeness (QED) is 0.782. The van der Waals surface area contributed by atoms with Gasteiger partial charge < -0.3 is 11.1 Å². The van der Waals surface area contributed by atoms with Crippen molar-refractivity contribution in [3.05, 3.63) is 27.7 Å². The zero-order valence-corrected chi connectivity index (χ0v) is 14.2. The largest absolute Gasteiger partial charge is 0.330 e. The van der Waals surface area contributed by atoms with Crippen molar-refractivity contribution in [3.63, 3.8) is 0 Å². The molecule has 0 bridgehead atoms. The molecule has 0 aliphatic carbocycles. The van der Waals surface area contributed by atoms with Gasteiger partial charge in [-0.1, -0.05) is 29.3 Å². The zero-order valence-electron chi connectivity index (χ0n) is 12.6. The van der Waals surface area contributed by atoms with Crippen LogP contribution in [0.5, 0.6) is 0 Å². The van der Waals surface area contributed by atoms with E-state index in [1.54, 1.807) is 0 Å². The number of anilines is 1. The fourth-order valence-electron chi connectivity index (χ4n) is 2.37. The molecule has 0 aliphatic heterocycles. The summed E-state index contributed by atoms with van der Waals surface area (Å²) in [6.07, 6.45) is 3.56. The fraction of sp³-hybridized carbons (Fsp3) is 0.562. The summed E-state index contributed by atoms with van der Waals surface area (Å²) in [5.74, 6) is 0.640. The summed E-state index contributed by atoms with van der Waals surface area (Å²) in [5.41, 5.74) is 8.72. The van der Waals surface area contributed by atoms with Crippen LogP contribution in [0.4, 0.5) is 5.69 Å². The Bertz CT molecular complexity index is 437. The number of halogens is 1. The molecule has 0 spiro atoms. The number of nitrogens with one attached hydrogen (secondary N) is 1. The molecule has 1 amide bonds. The van der Waals surface area contributed by atoms with Gasteiger partial charge in [0.1, 0.15) is 0 Å². The van der Waals surface area contributed by atoms with Crippen molar-refractivity contribution in [2.24, 2.45) is 11.7 Å². The number of hydrogen-bond acceptors (Lipinski definition) is 2. The minimum Gasteiger partial charge on any atom is -0.330 e. The number of carbonyl (C=O) groups is 1. The molecular weight excluding hydrogens is 316 g/mol. The van der Waals surface area contributed by atoms with Crippen molar-refractivity contribution in [3.8, 4) is 0 Å². The zero-order chi connectivity index (χ0) is 15.1. The molecule has 1 atom stereocenters. The predicted molar refractivity (Wildman–Crippen MR) is 88.9 cm³/mol. The van der Waals surface area contributed by atoms with Crippen LogP contribution in [0.3, 0.4) is 0 Å². The lowest BCUT2D eigenvalue weighted by Gasteiger charge is -2.14. The Morgan fingerprint density at radius 3 is 2.40 bits per heavy atom. The Kier molecular flexibility index (Phi) is 7.24. The van der Waals surface area contributed by atoms with Gasteiger partial charge in [-0.05, 0) is 62.4 Å². The Hall–Kier alpha value is -0.870. The summed E-state index contributed by atoms with van der Waals surface area (Å²) in [5, 5.41) is 2.98. The lowest BCUT2D eigenvalue weighted by atomic mass is 9.96. The van der Waals surface area contributed by atoms with E-state index >= 15 is 0 Å². The second-order valence-electron chi connectivity index (χ2n) is 5.36. The van der Waals surface area contributed by atoms with E-state index in [4.69, 9.17) is 5.73 Å². The minimum atomic E-state index is 0.0848. The number of hydrogen-bond donors (Lipinski definition) is 2. The van der Waals surface area contributed by atoms with Gasteiger partial charge in [0, 0.05) is 16.6 Å². The van der Waals surface area contributed by atoms with E-state index in [1.807, 2.05) is 26.0 Å². The first-order valence-electron chi connectivity index (χ1n) is 7.24. The molecule has 0 fully saturated rings. The van der Waals surface area contributed by atoms with Gasteiger partial charge in [-0.25, -0.2) is 0 Å². The van der Waals surface area contributed by atoms with Crippen LogP contribution in [0.15, 0.2) is 16.6 Å².